The van der Waals surface area contributed by atoms with E-state index in [1.54, 1.807) is 19.2 Å². The summed E-state index contributed by atoms with van der Waals surface area (Å²) >= 11 is 1.49. The lowest BCUT2D eigenvalue weighted by Crippen LogP contribution is -2.23. The van der Waals surface area contributed by atoms with Crippen molar-refractivity contribution >= 4 is 11.3 Å². The summed E-state index contributed by atoms with van der Waals surface area (Å²) in [7, 11) is 1.70. The Morgan fingerprint density at radius 3 is 2.62 bits per heavy atom. The Labute approximate surface area is 124 Å². The molecule has 3 nitrogen and oxygen atoms in total. The summed E-state index contributed by atoms with van der Waals surface area (Å²) in [5.74, 6) is -0.183. The van der Waals surface area contributed by atoms with E-state index >= 15 is 0 Å². The van der Waals surface area contributed by atoms with Crippen molar-refractivity contribution in [2.45, 2.75) is 25.7 Å². The van der Waals surface area contributed by atoms with Crippen molar-refractivity contribution in [3.63, 3.8) is 0 Å². The maximum absolute atomic E-state index is 12.5. The molecule has 0 amide bonds. The standard InChI is InChI=1S/C14H15F3N2OS/c1-9-8-21-13(19-9)7-11(18-2)10-5-3-4-6-12(10)20-14(15,16)17/h3-6,8,11,18H,7H2,1-2H3. The average molecular weight is 316 g/mol. The van der Waals surface area contributed by atoms with Gasteiger partial charge in [0.15, 0.2) is 0 Å². The van der Waals surface area contributed by atoms with Gasteiger partial charge < -0.3 is 10.1 Å². The molecule has 0 aliphatic carbocycles. The predicted octanol–water partition coefficient (Wildman–Crippen LogP) is 3.85. The number of nitrogens with one attached hydrogen (secondary N) is 1. The summed E-state index contributed by atoms with van der Waals surface area (Å²) in [6.45, 7) is 1.88. The highest BCUT2D eigenvalue weighted by atomic mass is 32.1. The molecule has 1 heterocycles. The molecule has 1 aromatic carbocycles. The first-order chi connectivity index (χ1) is 9.89. The number of halogens is 3. The van der Waals surface area contributed by atoms with Crippen LogP contribution in [0.2, 0.25) is 0 Å². The van der Waals surface area contributed by atoms with Gasteiger partial charge in [-0.2, -0.15) is 0 Å². The van der Waals surface area contributed by atoms with Crippen molar-refractivity contribution in [1.82, 2.24) is 10.3 Å². The van der Waals surface area contributed by atoms with Crippen LogP contribution in [0.1, 0.15) is 22.3 Å². The lowest BCUT2D eigenvalue weighted by atomic mass is 10.0. The number of ether oxygens (including phenoxy) is 1. The van der Waals surface area contributed by atoms with Crippen molar-refractivity contribution in [2.24, 2.45) is 0 Å². The first-order valence-electron chi connectivity index (χ1n) is 6.32. The smallest absolute Gasteiger partial charge is 0.405 e. The fourth-order valence-corrected chi connectivity index (χ4v) is 2.84. The van der Waals surface area contributed by atoms with Gasteiger partial charge in [0.1, 0.15) is 5.75 Å². The molecule has 2 aromatic rings. The van der Waals surface area contributed by atoms with E-state index in [0.717, 1.165) is 10.7 Å². The lowest BCUT2D eigenvalue weighted by molar-refractivity contribution is -0.275. The number of aromatic nitrogens is 1. The summed E-state index contributed by atoms with van der Waals surface area (Å²) in [5, 5.41) is 5.81. The summed E-state index contributed by atoms with van der Waals surface area (Å²) < 4.78 is 41.5. The molecule has 0 saturated heterocycles. The Morgan fingerprint density at radius 2 is 2.05 bits per heavy atom. The second-order valence-corrected chi connectivity index (χ2v) is 5.46. The number of benzene rings is 1. The molecular formula is C14H15F3N2OS. The number of aryl methyl sites for hydroxylation is 1. The van der Waals surface area contributed by atoms with Crippen molar-refractivity contribution < 1.29 is 17.9 Å². The third kappa shape index (κ3) is 4.44. The number of thiazole rings is 1. The molecule has 2 rings (SSSR count). The molecule has 7 heteroatoms. The van der Waals surface area contributed by atoms with E-state index in [2.05, 4.69) is 15.0 Å². The van der Waals surface area contributed by atoms with Gasteiger partial charge in [-0.15, -0.1) is 24.5 Å². The van der Waals surface area contributed by atoms with Crippen LogP contribution in [0.25, 0.3) is 0 Å². The topological polar surface area (TPSA) is 34.2 Å². The number of alkyl halides is 3. The summed E-state index contributed by atoms with van der Waals surface area (Å²) in [6, 6.07) is 5.86. The first kappa shape index (κ1) is 15.8. The van der Waals surface area contributed by atoms with Crippen molar-refractivity contribution in [3.8, 4) is 5.75 Å². The van der Waals surface area contributed by atoms with Gasteiger partial charge in [0.25, 0.3) is 0 Å². The second kappa shape index (κ2) is 6.44. The van der Waals surface area contributed by atoms with E-state index in [0.29, 0.717) is 12.0 Å². The Bertz CT molecular complexity index is 598. The molecule has 0 aliphatic heterocycles. The third-order valence-corrected chi connectivity index (χ3v) is 3.90. The van der Waals surface area contributed by atoms with Gasteiger partial charge in [0.2, 0.25) is 0 Å². The minimum atomic E-state index is -4.70. The number of para-hydroxylation sites is 1. The zero-order valence-corrected chi connectivity index (χ0v) is 12.4. The Kier molecular flexibility index (Phi) is 4.84. The Morgan fingerprint density at radius 1 is 1.33 bits per heavy atom. The lowest BCUT2D eigenvalue weighted by Gasteiger charge is -2.20. The van der Waals surface area contributed by atoms with Crippen LogP contribution in [-0.4, -0.2) is 18.4 Å². The molecule has 0 fully saturated rings. The summed E-state index contributed by atoms with van der Waals surface area (Å²) in [5.41, 5.74) is 1.37. The van der Waals surface area contributed by atoms with Gasteiger partial charge >= 0.3 is 6.36 Å². The van der Waals surface area contributed by atoms with Crippen molar-refractivity contribution in [1.29, 1.82) is 0 Å². The highest BCUT2D eigenvalue weighted by Gasteiger charge is 2.32. The van der Waals surface area contributed by atoms with Gasteiger partial charge in [0, 0.05) is 29.1 Å². The number of likely N-dealkylation sites (N-methyl/N-ethyl adjacent to an activating group) is 1. The van der Waals surface area contributed by atoms with Crippen LogP contribution in [0.5, 0.6) is 5.75 Å². The molecule has 0 saturated carbocycles. The van der Waals surface area contributed by atoms with Crippen LogP contribution in [0.3, 0.4) is 0 Å². The van der Waals surface area contributed by atoms with Gasteiger partial charge in [-0.1, -0.05) is 18.2 Å². The highest BCUT2D eigenvalue weighted by Crippen LogP contribution is 2.32. The van der Waals surface area contributed by atoms with E-state index in [1.807, 2.05) is 12.3 Å². The molecule has 0 bridgehead atoms. The molecule has 0 aliphatic rings. The molecule has 1 N–H and O–H groups in total. The molecule has 114 valence electrons. The maximum Gasteiger partial charge on any atom is 0.573 e. The maximum atomic E-state index is 12.5. The largest absolute Gasteiger partial charge is 0.573 e. The minimum Gasteiger partial charge on any atom is -0.405 e. The van der Waals surface area contributed by atoms with Gasteiger partial charge in [0.05, 0.1) is 5.01 Å². The van der Waals surface area contributed by atoms with Crippen LogP contribution in [-0.2, 0) is 6.42 Å². The van der Waals surface area contributed by atoms with Crippen LogP contribution in [0.15, 0.2) is 29.6 Å². The Balaban J connectivity index is 2.25. The predicted molar refractivity (Wildman–Crippen MR) is 75.5 cm³/mol. The quantitative estimate of drug-likeness (QED) is 0.910. The average Bonchev–Trinajstić information content (AvgIpc) is 2.81. The molecule has 0 spiro atoms. The van der Waals surface area contributed by atoms with E-state index in [9.17, 15) is 13.2 Å². The summed E-state index contributed by atoms with van der Waals surface area (Å²) in [6.07, 6.45) is -4.20. The first-order valence-corrected chi connectivity index (χ1v) is 7.20. The van der Waals surface area contributed by atoms with Crippen LogP contribution >= 0.6 is 11.3 Å². The van der Waals surface area contributed by atoms with Crippen LogP contribution in [0.4, 0.5) is 13.2 Å². The number of nitrogens with zero attached hydrogens (tertiary/aromatic N) is 1. The van der Waals surface area contributed by atoms with Crippen molar-refractivity contribution in [3.05, 3.63) is 45.9 Å². The molecule has 1 unspecified atom stereocenters. The van der Waals surface area contributed by atoms with E-state index in [4.69, 9.17) is 0 Å². The summed E-state index contributed by atoms with van der Waals surface area (Å²) in [4.78, 5) is 4.34. The zero-order chi connectivity index (χ0) is 15.5. The number of hydrogen-bond acceptors (Lipinski definition) is 4. The van der Waals surface area contributed by atoms with Crippen molar-refractivity contribution in [2.75, 3.05) is 7.05 Å². The monoisotopic (exact) mass is 316 g/mol. The molecule has 1 atom stereocenters. The molecule has 21 heavy (non-hydrogen) atoms. The zero-order valence-electron chi connectivity index (χ0n) is 11.6. The number of rotatable bonds is 5. The SMILES string of the molecule is CNC(Cc1nc(C)cs1)c1ccccc1OC(F)(F)F. The van der Waals surface area contributed by atoms with Gasteiger partial charge in [-0.05, 0) is 20.0 Å². The molecule has 0 radical (unpaired) electrons. The minimum absolute atomic E-state index is 0.183. The fraction of sp³-hybridized carbons (Fsp3) is 0.357. The third-order valence-electron chi connectivity index (χ3n) is 2.91. The number of hydrogen-bond donors (Lipinski definition) is 1. The van der Waals surface area contributed by atoms with Gasteiger partial charge in [-0.3, -0.25) is 0 Å². The van der Waals surface area contributed by atoms with E-state index in [-0.39, 0.29) is 11.8 Å². The second-order valence-electron chi connectivity index (χ2n) is 4.51. The van der Waals surface area contributed by atoms with Gasteiger partial charge in [-0.25, -0.2) is 4.98 Å². The molecule has 1 aromatic heterocycles. The fourth-order valence-electron chi connectivity index (χ4n) is 2.02. The van der Waals surface area contributed by atoms with Crippen LogP contribution < -0.4 is 10.1 Å². The van der Waals surface area contributed by atoms with E-state index < -0.39 is 6.36 Å². The normalized spacial score (nSPS) is 13.2. The highest BCUT2D eigenvalue weighted by molar-refractivity contribution is 7.09. The molecular weight excluding hydrogens is 301 g/mol. The Hall–Kier alpha value is -1.60. The van der Waals surface area contributed by atoms with E-state index in [1.165, 1.54) is 23.5 Å². The van der Waals surface area contributed by atoms with Crippen LogP contribution in [0, 0.1) is 6.92 Å².